The topological polar surface area (TPSA) is 32.3 Å². The van der Waals surface area contributed by atoms with Gasteiger partial charge in [-0.1, -0.05) is 53.4 Å². The maximum Gasteiger partial charge on any atom is 0.241 e. The summed E-state index contributed by atoms with van der Waals surface area (Å²) in [4.78, 5) is 14.2. The summed E-state index contributed by atoms with van der Waals surface area (Å²) in [5.74, 6) is 1.13. The van der Waals surface area contributed by atoms with Crippen molar-refractivity contribution in [2.24, 2.45) is 5.92 Å². The average molecular weight is 268 g/mol. The summed E-state index contributed by atoms with van der Waals surface area (Å²) in [5.41, 5.74) is 0. The van der Waals surface area contributed by atoms with Crippen LogP contribution in [-0.2, 0) is 4.79 Å². The van der Waals surface area contributed by atoms with Gasteiger partial charge in [-0.05, 0) is 25.2 Å². The van der Waals surface area contributed by atoms with Crippen LogP contribution in [0.25, 0.3) is 0 Å². The standard InChI is InChI=1S/C16H32N2O/c1-5-14-16(19)18(15(6-2)17-14)12-10-8-7-9-11-13(3)4/h13-15,17H,5-12H2,1-4H3. The van der Waals surface area contributed by atoms with Crippen LogP contribution in [0.5, 0.6) is 0 Å². The van der Waals surface area contributed by atoms with Crippen molar-refractivity contribution in [3.8, 4) is 0 Å². The first-order valence-electron chi connectivity index (χ1n) is 8.16. The van der Waals surface area contributed by atoms with E-state index in [9.17, 15) is 4.79 Å². The second-order valence-corrected chi connectivity index (χ2v) is 6.18. The Morgan fingerprint density at radius 3 is 2.37 bits per heavy atom. The molecule has 0 saturated carbocycles. The third-order valence-corrected chi connectivity index (χ3v) is 4.08. The molecule has 0 aliphatic carbocycles. The summed E-state index contributed by atoms with van der Waals surface area (Å²) >= 11 is 0. The normalized spacial score (nSPS) is 23.6. The Bertz CT molecular complexity index is 265. The Hall–Kier alpha value is -0.570. The first kappa shape index (κ1) is 16.5. The third kappa shape index (κ3) is 5.13. The highest BCUT2D eigenvalue weighted by Crippen LogP contribution is 2.17. The number of carbonyl (C=O) groups is 1. The van der Waals surface area contributed by atoms with Crippen molar-refractivity contribution in [1.82, 2.24) is 10.2 Å². The zero-order valence-electron chi connectivity index (χ0n) is 13.2. The van der Waals surface area contributed by atoms with Crippen LogP contribution in [0.2, 0.25) is 0 Å². The highest BCUT2D eigenvalue weighted by Gasteiger charge is 2.35. The third-order valence-electron chi connectivity index (χ3n) is 4.08. The van der Waals surface area contributed by atoms with E-state index in [0.717, 1.165) is 31.7 Å². The van der Waals surface area contributed by atoms with Crippen LogP contribution in [0, 0.1) is 5.92 Å². The fourth-order valence-electron chi connectivity index (χ4n) is 2.83. The van der Waals surface area contributed by atoms with Gasteiger partial charge in [0, 0.05) is 6.54 Å². The summed E-state index contributed by atoms with van der Waals surface area (Å²) in [6.45, 7) is 9.73. The molecule has 2 unspecified atom stereocenters. The molecule has 0 aromatic carbocycles. The minimum absolute atomic E-state index is 0.0610. The minimum Gasteiger partial charge on any atom is -0.326 e. The van der Waals surface area contributed by atoms with Crippen molar-refractivity contribution < 1.29 is 4.79 Å². The van der Waals surface area contributed by atoms with E-state index in [2.05, 4.69) is 37.9 Å². The number of rotatable bonds is 9. The SMILES string of the molecule is CCC1NC(CC)N(CCCCCCC(C)C)C1=O. The molecule has 1 fully saturated rings. The van der Waals surface area contributed by atoms with E-state index in [0.29, 0.717) is 5.91 Å². The number of carbonyl (C=O) groups excluding carboxylic acids is 1. The Morgan fingerprint density at radius 2 is 1.79 bits per heavy atom. The van der Waals surface area contributed by atoms with Gasteiger partial charge in [-0.15, -0.1) is 0 Å². The number of nitrogens with zero attached hydrogens (tertiary/aromatic N) is 1. The number of hydrogen-bond acceptors (Lipinski definition) is 2. The Balaban J connectivity index is 2.22. The van der Waals surface area contributed by atoms with Gasteiger partial charge in [-0.3, -0.25) is 10.1 Å². The molecule has 1 aliphatic heterocycles. The van der Waals surface area contributed by atoms with Gasteiger partial charge in [-0.2, -0.15) is 0 Å². The quantitative estimate of drug-likeness (QED) is 0.649. The Morgan fingerprint density at radius 1 is 1.11 bits per heavy atom. The summed E-state index contributed by atoms with van der Waals surface area (Å²) in [6.07, 6.45) is 8.56. The van der Waals surface area contributed by atoms with E-state index < -0.39 is 0 Å². The average Bonchev–Trinajstić information content (AvgIpc) is 2.69. The smallest absolute Gasteiger partial charge is 0.241 e. The van der Waals surface area contributed by atoms with E-state index in [4.69, 9.17) is 0 Å². The van der Waals surface area contributed by atoms with Gasteiger partial charge in [0.1, 0.15) is 0 Å². The van der Waals surface area contributed by atoms with Crippen LogP contribution in [-0.4, -0.2) is 29.6 Å². The molecule has 19 heavy (non-hydrogen) atoms. The van der Waals surface area contributed by atoms with E-state index in [1.807, 2.05) is 0 Å². The summed E-state index contributed by atoms with van der Waals surface area (Å²) < 4.78 is 0. The van der Waals surface area contributed by atoms with Crippen LogP contribution in [0.1, 0.15) is 72.6 Å². The largest absolute Gasteiger partial charge is 0.326 e. The lowest BCUT2D eigenvalue weighted by Crippen LogP contribution is -2.37. The van der Waals surface area contributed by atoms with Crippen molar-refractivity contribution in [3.63, 3.8) is 0 Å². The van der Waals surface area contributed by atoms with E-state index in [1.165, 1.54) is 25.7 Å². The molecular weight excluding hydrogens is 236 g/mol. The molecule has 1 aliphatic rings. The summed E-state index contributed by atoms with van der Waals surface area (Å²) in [7, 11) is 0. The first-order valence-corrected chi connectivity index (χ1v) is 8.16. The van der Waals surface area contributed by atoms with Crippen molar-refractivity contribution in [2.75, 3.05) is 6.54 Å². The lowest BCUT2D eigenvalue weighted by molar-refractivity contribution is -0.130. The molecule has 0 spiro atoms. The predicted octanol–water partition coefficient (Wildman–Crippen LogP) is 3.54. The Kier molecular flexibility index (Phi) is 7.44. The van der Waals surface area contributed by atoms with Crippen molar-refractivity contribution in [3.05, 3.63) is 0 Å². The molecule has 0 radical (unpaired) electrons. The van der Waals surface area contributed by atoms with E-state index in [-0.39, 0.29) is 12.2 Å². The number of amides is 1. The highest BCUT2D eigenvalue weighted by molar-refractivity contribution is 5.84. The second kappa shape index (κ2) is 8.57. The summed E-state index contributed by atoms with van der Waals surface area (Å²) in [6, 6.07) is 0.0610. The van der Waals surface area contributed by atoms with Crippen molar-refractivity contribution >= 4 is 5.91 Å². The minimum atomic E-state index is 0.0610. The predicted molar refractivity (Wildman–Crippen MR) is 80.9 cm³/mol. The monoisotopic (exact) mass is 268 g/mol. The van der Waals surface area contributed by atoms with Crippen LogP contribution in [0.15, 0.2) is 0 Å². The van der Waals surface area contributed by atoms with Crippen LogP contribution in [0.4, 0.5) is 0 Å². The molecule has 1 rings (SSSR count). The van der Waals surface area contributed by atoms with E-state index >= 15 is 0 Å². The molecule has 2 atom stereocenters. The number of hydrogen-bond donors (Lipinski definition) is 1. The molecule has 1 saturated heterocycles. The molecule has 0 bridgehead atoms. The summed E-state index contributed by atoms with van der Waals surface area (Å²) in [5, 5.41) is 3.43. The zero-order valence-corrected chi connectivity index (χ0v) is 13.2. The van der Waals surface area contributed by atoms with Gasteiger partial charge >= 0.3 is 0 Å². The number of unbranched alkanes of at least 4 members (excludes halogenated alkanes) is 3. The van der Waals surface area contributed by atoms with E-state index in [1.54, 1.807) is 0 Å². The van der Waals surface area contributed by atoms with Crippen LogP contribution in [0.3, 0.4) is 0 Å². The second-order valence-electron chi connectivity index (χ2n) is 6.18. The van der Waals surface area contributed by atoms with Gasteiger partial charge in [-0.25, -0.2) is 0 Å². The highest BCUT2D eigenvalue weighted by atomic mass is 16.2. The van der Waals surface area contributed by atoms with Crippen LogP contribution < -0.4 is 5.32 Å². The van der Waals surface area contributed by atoms with Gasteiger partial charge in [0.05, 0.1) is 12.2 Å². The molecule has 3 nitrogen and oxygen atoms in total. The van der Waals surface area contributed by atoms with Gasteiger partial charge in [0.25, 0.3) is 0 Å². The molecule has 3 heteroatoms. The molecule has 0 aromatic heterocycles. The molecule has 1 N–H and O–H groups in total. The molecular formula is C16H32N2O. The first-order chi connectivity index (χ1) is 9.10. The number of nitrogens with one attached hydrogen (secondary N) is 1. The lowest BCUT2D eigenvalue weighted by atomic mass is 10.0. The van der Waals surface area contributed by atoms with Gasteiger partial charge < -0.3 is 4.90 Å². The fraction of sp³-hybridized carbons (Fsp3) is 0.938. The molecule has 1 heterocycles. The Labute approximate surface area is 119 Å². The van der Waals surface area contributed by atoms with Crippen molar-refractivity contribution in [2.45, 2.75) is 84.8 Å². The molecule has 1 amide bonds. The molecule has 112 valence electrons. The fourth-order valence-corrected chi connectivity index (χ4v) is 2.83. The van der Waals surface area contributed by atoms with Crippen molar-refractivity contribution in [1.29, 1.82) is 0 Å². The van der Waals surface area contributed by atoms with Gasteiger partial charge in [0.15, 0.2) is 0 Å². The van der Waals surface area contributed by atoms with Crippen LogP contribution >= 0.6 is 0 Å². The van der Waals surface area contributed by atoms with Gasteiger partial charge in [0.2, 0.25) is 5.91 Å². The maximum absolute atomic E-state index is 12.2. The maximum atomic E-state index is 12.2. The zero-order chi connectivity index (χ0) is 14.3. The molecule has 0 aromatic rings. The lowest BCUT2D eigenvalue weighted by Gasteiger charge is -2.23.